The Kier molecular flexibility index (Phi) is 6.33. The average Bonchev–Trinajstić information content (AvgIpc) is 3.17. The van der Waals surface area contributed by atoms with Crippen molar-refractivity contribution in [3.63, 3.8) is 0 Å². The molecular weight excluding hydrogens is 378 g/mol. The molecule has 3 aromatic rings. The lowest BCUT2D eigenvalue weighted by molar-refractivity contribution is 0.0938. The van der Waals surface area contributed by atoms with Crippen LogP contribution in [0, 0.1) is 0 Å². The Labute approximate surface area is 177 Å². The summed E-state index contributed by atoms with van der Waals surface area (Å²) >= 11 is 0. The summed E-state index contributed by atoms with van der Waals surface area (Å²) in [7, 11) is 1.65. The van der Waals surface area contributed by atoms with Gasteiger partial charge in [0, 0.05) is 31.1 Å². The average molecular weight is 408 g/mol. The molecule has 2 heterocycles. The maximum absolute atomic E-state index is 12.6. The minimum Gasteiger partial charge on any atom is -0.497 e. The quantitative estimate of drug-likeness (QED) is 0.640. The summed E-state index contributed by atoms with van der Waals surface area (Å²) in [5, 5.41) is 3.03. The first-order chi connectivity index (χ1) is 14.6. The Bertz CT molecular complexity index is 997. The number of fused-ring (bicyclic) bond motifs is 1. The number of ether oxygens (including phenoxy) is 1. The van der Waals surface area contributed by atoms with Crippen molar-refractivity contribution in [2.75, 3.05) is 26.7 Å². The van der Waals surface area contributed by atoms with Crippen molar-refractivity contribution in [1.82, 2.24) is 15.2 Å². The lowest BCUT2D eigenvalue weighted by Gasteiger charge is -2.33. The van der Waals surface area contributed by atoms with Gasteiger partial charge in [0.25, 0.3) is 5.91 Å². The molecule has 0 bridgehead atoms. The maximum atomic E-state index is 12.6. The van der Waals surface area contributed by atoms with E-state index in [1.807, 2.05) is 30.3 Å². The second kappa shape index (κ2) is 9.30. The Morgan fingerprint density at radius 3 is 2.83 bits per heavy atom. The highest BCUT2D eigenvalue weighted by atomic mass is 16.5. The molecule has 0 unspecified atom stereocenters. The number of carbonyl (C=O) groups excluding carboxylic acids is 1. The second-order valence-electron chi connectivity index (χ2n) is 7.95. The molecule has 0 radical (unpaired) electrons. The van der Waals surface area contributed by atoms with Gasteiger partial charge < -0.3 is 14.5 Å². The normalized spacial score (nSPS) is 17.2. The third-order valence-electron chi connectivity index (χ3n) is 5.83. The van der Waals surface area contributed by atoms with E-state index in [-0.39, 0.29) is 5.91 Å². The number of nitrogens with one attached hydrogen (secondary N) is 1. The van der Waals surface area contributed by atoms with E-state index in [1.54, 1.807) is 19.2 Å². The number of hydrogen-bond acceptors (Lipinski definition) is 5. The first-order valence-corrected chi connectivity index (χ1v) is 10.7. The van der Waals surface area contributed by atoms with Crippen LogP contribution in [0.5, 0.6) is 5.75 Å². The predicted octanol–water partition coefficient (Wildman–Crippen LogP) is 4.03. The lowest BCUT2D eigenvalue weighted by Crippen LogP contribution is -2.42. The molecule has 1 N–H and O–H groups in total. The molecule has 6 nitrogen and oxygen atoms in total. The summed E-state index contributed by atoms with van der Waals surface area (Å²) in [6.45, 7) is 4.93. The van der Waals surface area contributed by atoms with Gasteiger partial charge in [-0.05, 0) is 62.2 Å². The Balaban J connectivity index is 1.37. The first-order valence-electron chi connectivity index (χ1n) is 10.7. The molecule has 1 aliphatic heterocycles. The largest absolute Gasteiger partial charge is 0.497 e. The molecule has 30 heavy (non-hydrogen) atoms. The first kappa shape index (κ1) is 20.4. The fraction of sp³-hybridized carbons (Fsp3) is 0.417. The van der Waals surface area contributed by atoms with E-state index in [9.17, 15) is 4.79 Å². The van der Waals surface area contributed by atoms with E-state index < -0.39 is 0 Å². The highest BCUT2D eigenvalue weighted by Gasteiger charge is 2.18. The van der Waals surface area contributed by atoms with Crippen LogP contribution in [0.25, 0.3) is 11.1 Å². The van der Waals surface area contributed by atoms with Gasteiger partial charge in [0.1, 0.15) is 11.3 Å². The van der Waals surface area contributed by atoms with Crippen molar-refractivity contribution in [2.45, 2.75) is 38.6 Å². The summed E-state index contributed by atoms with van der Waals surface area (Å²) in [6, 6.07) is 13.9. The number of amides is 1. The molecule has 158 valence electrons. The van der Waals surface area contributed by atoms with E-state index in [0.29, 0.717) is 36.0 Å². The highest BCUT2D eigenvalue weighted by Crippen LogP contribution is 2.21. The number of piperidine rings is 1. The minimum absolute atomic E-state index is 0.0744. The van der Waals surface area contributed by atoms with Crippen molar-refractivity contribution in [3.8, 4) is 5.75 Å². The number of aromatic nitrogens is 1. The SMILES string of the molecule is COc1ccc(Cc2nc3ccc(C(=O)NCCN4CCCC[C@H]4C)cc3o2)cc1. The highest BCUT2D eigenvalue weighted by molar-refractivity contribution is 5.97. The van der Waals surface area contributed by atoms with Crippen LogP contribution in [-0.4, -0.2) is 48.6 Å². The number of hydrogen-bond donors (Lipinski definition) is 1. The van der Waals surface area contributed by atoms with E-state index in [1.165, 1.54) is 19.3 Å². The van der Waals surface area contributed by atoms with Gasteiger partial charge in [-0.2, -0.15) is 0 Å². The van der Waals surface area contributed by atoms with Gasteiger partial charge in [0.15, 0.2) is 11.5 Å². The number of nitrogens with zero attached hydrogens (tertiary/aromatic N) is 2. The van der Waals surface area contributed by atoms with Crippen LogP contribution in [0.3, 0.4) is 0 Å². The smallest absolute Gasteiger partial charge is 0.251 e. The van der Waals surface area contributed by atoms with Crippen LogP contribution < -0.4 is 10.1 Å². The second-order valence-corrected chi connectivity index (χ2v) is 7.95. The van der Waals surface area contributed by atoms with Gasteiger partial charge in [-0.3, -0.25) is 9.69 Å². The zero-order chi connectivity index (χ0) is 20.9. The number of oxazole rings is 1. The lowest BCUT2D eigenvalue weighted by atomic mass is 10.0. The molecule has 0 aliphatic carbocycles. The van der Waals surface area contributed by atoms with E-state index in [4.69, 9.17) is 9.15 Å². The Morgan fingerprint density at radius 2 is 2.07 bits per heavy atom. The van der Waals surface area contributed by atoms with Crippen molar-refractivity contribution < 1.29 is 13.9 Å². The van der Waals surface area contributed by atoms with E-state index in [2.05, 4.69) is 22.1 Å². The molecule has 0 saturated carbocycles. The zero-order valence-electron chi connectivity index (χ0n) is 17.7. The van der Waals surface area contributed by atoms with Crippen molar-refractivity contribution >= 4 is 17.0 Å². The predicted molar refractivity (Wildman–Crippen MR) is 117 cm³/mol. The van der Waals surface area contributed by atoms with Gasteiger partial charge in [-0.15, -0.1) is 0 Å². The van der Waals surface area contributed by atoms with Crippen LogP contribution in [0.4, 0.5) is 0 Å². The molecule has 2 aromatic carbocycles. The fourth-order valence-corrected chi connectivity index (χ4v) is 4.01. The third-order valence-corrected chi connectivity index (χ3v) is 5.83. The molecule has 1 amide bonds. The minimum atomic E-state index is -0.0744. The van der Waals surface area contributed by atoms with Gasteiger partial charge in [-0.1, -0.05) is 18.6 Å². The van der Waals surface area contributed by atoms with E-state index >= 15 is 0 Å². The summed E-state index contributed by atoms with van der Waals surface area (Å²) in [4.78, 5) is 19.6. The fourth-order valence-electron chi connectivity index (χ4n) is 4.01. The Morgan fingerprint density at radius 1 is 1.23 bits per heavy atom. The van der Waals surface area contributed by atoms with Gasteiger partial charge in [0.2, 0.25) is 0 Å². The molecule has 1 aliphatic rings. The molecular formula is C24H29N3O3. The van der Waals surface area contributed by atoms with Gasteiger partial charge >= 0.3 is 0 Å². The van der Waals surface area contributed by atoms with Gasteiger partial charge in [-0.25, -0.2) is 4.98 Å². The van der Waals surface area contributed by atoms with Crippen LogP contribution in [0.1, 0.15) is 48.0 Å². The summed E-state index contributed by atoms with van der Waals surface area (Å²) < 4.78 is 11.1. The van der Waals surface area contributed by atoms with Crippen LogP contribution in [0.2, 0.25) is 0 Å². The maximum Gasteiger partial charge on any atom is 0.251 e. The van der Waals surface area contributed by atoms with E-state index in [0.717, 1.165) is 29.9 Å². The zero-order valence-corrected chi connectivity index (χ0v) is 17.7. The monoisotopic (exact) mass is 407 g/mol. The molecule has 1 aromatic heterocycles. The number of benzene rings is 2. The van der Waals surface area contributed by atoms with Crippen molar-refractivity contribution in [2.24, 2.45) is 0 Å². The van der Waals surface area contributed by atoms with Crippen molar-refractivity contribution in [1.29, 1.82) is 0 Å². The molecule has 0 spiro atoms. The molecule has 1 atom stereocenters. The van der Waals surface area contributed by atoms with Crippen LogP contribution >= 0.6 is 0 Å². The van der Waals surface area contributed by atoms with Gasteiger partial charge in [0.05, 0.1) is 7.11 Å². The molecule has 4 rings (SSSR count). The molecule has 1 saturated heterocycles. The van der Waals surface area contributed by atoms with Crippen molar-refractivity contribution in [3.05, 3.63) is 59.5 Å². The summed E-state index contributed by atoms with van der Waals surface area (Å²) in [5.41, 5.74) is 3.08. The number of rotatable bonds is 7. The molecule has 1 fully saturated rings. The summed E-state index contributed by atoms with van der Waals surface area (Å²) in [5.74, 6) is 1.38. The van der Waals surface area contributed by atoms with Crippen LogP contribution in [0.15, 0.2) is 46.9 Å². The standard InChI is InChI=1S/C24H29N3O3/c1-17-5-3-4-13-27(17)14-12-25-24(28)19-8-11-21-22(16-19)30-23(26-21)15-18-6-9-20(29-2)10-7-18/h6-11,16-17H,3-5,12-15H2,1-2H3,(H,25,28)/t17-/m1/s1. The Hall–Kier alpha value is -2.86. The topological polar surface area (TPSA) is 67.6 Å². The van der Waals surface area contributed by atoms with Crippen LogP contribution in [-0.2, 0) is 6.42 Å². The molecule has 6 heteroatoms. The number of likely N-dealkylation sites (tertiary alicyclic amines) is 1. The number of carbonyl (C=O) groups is 1. The number of methoxy groups -OCH3 is 1. The third kappa shape index (κ3) is 4.82. The summed E-state index contributed by atoms with van der Waals surface area (Å²) in [6.07, 6.45) is 4.39.